The fourth-order valence-electron chi connectivity index (χ4n) is 7.66. The molecule has 0 bridgehead atoms. The van der Waals surface area contributed by atoms with Crippen LogP contribution in [0.1, 0.15) is 52.6 Å². The summed E-state index contributed by atoms with van der Waals surface area (Å²) in [6, 6.07) is 23.6. The SMILES string of the molecule is COc1ccc2c(c1)nc1c(C#N)c(C)c(N=Nc3cc(C)c(N=Nc4cc(C)c(N=Nc5cc(C)c(N=Nc6ccc(Cl)cc6C#N)cc5SCCCS(=O)(=O)O)cc4SCCCS(=O)(=O)O)cc3OCCCS(=O)(=O)O)c(O)n12. The Bertz CT molecular complexity index is 4160. The van der Waals surface area contributed by atoms with Crippen molar-refractivity contribution < 1.29 is 53.5 Å². The lowest BCUT2D eigenvalue weighted by molar-refractivity contribution is 0.317. The van der Waals surface area contributed by atoms with E-state index in [1.165, 1.54) is 47.2 Å². The van der Waals surface area contributed by atoms with Gasteiger partial charge in [-0.3, -0.25) is 18.1 Å². The lowest BCUT2D eigenvalue weighted by atomic mass is 10.1. The highest BCUT2D eigenvalue weighted by molar-refractivity contribution is 7.99. The summed E-state index contributed by atoms with van der Waals surface area (Å²) in [5.41, 5.74) is 5.45. The maximum absolute atomic E-state index is 11.6. The quantitative estimate of drug-likeness (QED) is 0.0189. The minimum Gasteiger partial charge on any atom is -0.497 e. The molecule has 2 heterocycles. The van der Waals surface area contributed by atoms with Gasteiger partial charge in [-0.1, -0.05) is 11.6 Å². The number of imidazole rings is 1. The topological polar surface area (TPSA) is 366 Å². The number of aromatic nitrogens is 2. The van der Waals surface area contributed by atoms with Gasteiger partial charge in [0.25, 0.3) is 30.4 Å². The summed E-state index contributed by atoms with van der Waals surface area (Å²) < 4.78 is 110. The smallest absolute Gasteiger partial charge is 0.264 e. The van der Waals surface area contributed by atoms with Gasteiger partial charge in [-0.05, 0) is 136 Å². The minimum atomic E-state index is -4.33. The Balaban J connectivity index is 1.25. The Hall–Kier alpha value is -7.45. The van der Waals surface area contributed by atoms with Crippen molar-refractivity contribution in [2.24, 2.45) is 40.9 Å². The zero-order valence-corrected chi connectivity index (χ0v) is 48.5. The molecule has 0 aliphatic heterocycles. The first-order valence-electron chi connectivity index (χ1n) is 24.0. The van der Waals surface area contributed by atoms with Crippen molar-refractivity contribution in [1.29, 1.82) is 10.5 Å². The number of aromatic hydroxyl groups is 1. The summed E-state index contributed by atoms with van der Waals surface area (Å²) in [4.78, 5) is 5.58. The summed E-state index contributed by atoms with van der Waals surface area (Å²) in [7, 11) is -11.3. The van der Waals surface area contributed by atoms with E-state index in [1.54, 1.807) is 88.4 Å². The molecular weight excluding hydrogens is 1170 g/mol. The fraction of sp³-hybridized carbons (Fsp3) is 0.275. The van der Waals surface area contributed by atoms with Crippen molar-refractivity contribution in [2.45, 2.75) is 56.7 Å². The summed E-state index contributed by atoms with van der Waals surface area (Å²) >= 11 is 8.51. The molecule has 7 rings (SSSR count). The van der Waals surface area contributed by atoms with Gasteiger partial charge in [0, 0.05) is 32.5 Å². The fourth-order valence-corrected chi connectivity index (χ4v) is 11.6. The van der Waals surface area contributed by atoms with E-state index in [0.717, 1.165) is 0 Å². The third-order valence-electron chi connectivity index (χ3n) is 11.7. The zero-order valence-electron chi connectivity index (χ0n) is 43.6. The second-order valence-electron chi connectivity index (χ2n) is 17.8. The molecule has 422 valence electrons. The molecule has 7 aromatic rings. The Labute approximate surface area is 479 Å². The van der Waals surface area contributed by atoms with Gasteiger partial charge in [0.1, 0.15) is 40.6 Å². The minimum absolute atomic E-state index is 0.0521. The summed E-state index contributed by atoms with van der Waals surface area (Å²) in [5, 5.41) is 67.6. The number of thioether (sulfide) groups is 2. The lowest BCUT2D eigenvalue weighted by Crippen LogP contribution is -2.08. The summed E-state index contributed by atoms with van der Waals surface area (Å²) in [6.45, 7) is 6.58. The van der Waals surface area contributed by atoms with Crippen LogP contribution < -0.4 is 9.47 Å². The highest BCUT2D eigenvalue weighted by Crippen LogP contribution is 2.44. The molecule has 4 N–H and O–H groups in total. The van der Waals surface area contributed by atoms with E-state index in [2.05, 4.69) is 52.0 Å². The number of methoxy groups -OCH3 is 1. The number of azo groups is 4. The molecule has 0 unspecified atom stereocenters. The molecule has 0 saturated carbocycles. The van der Waals surface area contributed by atoms with Crippen LogP contribution in [0.15, 0.2) is 124 Å². The van der Waals surface area contributed by atoms with Gasteiger partial charge in [0.15, 0.2) is 11.3 Å². The van der Waals surface area contributed by atoms with E-state index >= 15 is 0 Å². The first-order chi connectivity index (χ1) is 38.3. The number of aryl methyl sites for hydroxylation is 3. The molecule has 30 heteroatoms. The number of pyridine rings is 1. The third-order valence-corrected chi connectivity index (χ3v) is 16.6. The Kier molecular flexibility index (Phi) is 20.0. The molecule has 0 amide bonds. The number of fused-ring (bicyclic) bond motifs is 3. The number of ether oxygens (including phenoxy) is 2. The van der Waals surface area contributed by atoms with Crippen LogP contribution in [0.3, 0.4) is 0 Å². The van der Waals surface area contributed by atoms with Crippen molar-refractivity contribution in [3.05, 3.63) is 111 Å². The molecule has 0 radical (unpaired) electrons. The average molecular weight is 1220 g/mol. The normalized spacial score (nSPS) is 12.4. The number of rotatable bonds is 24. The van der Waals surface area contributed by atoms with Gasteiger partial charge in [-0.25, -0.2) is 4.98 Å². The highest BCUT2D eigenvalue weighted by Gasteiger charge is 2.22. The monoisotopic (exact) mass is 1220 g/mol. The number of halogens is 1. The van der Waals surface area contributed by atoms with E-state index in [4.69, 9.17) is 21.1 Å². The Morgan fingerprint density at radius 2 is 1.12 bits per heavy atom. The van der Waals surface area contributed by atoms with Gasteiger partial charge in [0.2, 0.25) is 5.88 Å². The molecule has 5 aromatic carbocycles. The molecule has 0 spiro atoms. The van der Waals surface area contributed by atoms with Crippen molar-refractivity contribution >= 4 is 128 Å². The molecule has 0 atom stereocenters. The second-order valence-corrected chi connectivity index (χ2v) is 25.2. The van der Waals surface area contributed by atoms with E-state index in [1.807, 2.05) is 6.07 Å². The van der Waals surface area contributed by atoms with Crippen molar-refractivity contribution in [2.75, 3.05) is 42.5 Å². The predicted octanol–water partition coefficient (Wildman–Crippen LogP) is 13.9. The molecule has 2 aromatic heterocycles. The maximum Gasteiger partial charge on any atom is 0.264 e. The number of nitrogens with zero attached hydrogens (tertiary/aromatic N) is 12. The third kappa shape index (κ3) is 16.4. The molecule has 0 aliphatic carbocycles. The lowest BCUT2D eigenvalue weighted by Gasteiger charge is -2.12. The summed E-state index contributed by atoms with van der Waals surface area (Å²) in [5.74, 6) is -0.929. The van der Waals surface area contributed by atoms with E-state index in [-0.39, 0.29) is 94.1 Å². The number of hydrogen-bond acceptors (Lipinski definition) is 22. The second kappa shape index (κ2) is 26.4. The number of nitriles is 2. The average Bonchev–Trinajstić information content (AvgIpc) is 2.88. The van der Waals surface area contributed by atoms with Gasteiger partial charge < -0.3 is 14.6 Å². The first kappa shape index (κ1) is 61.2. The van der Waals surface area contributed by atoms with Gasteiger partial charge in [-0.2, -0.15) is 51.1 Å². The molecule has 0 saturated heterocycles. The van der Waals surface area contributed by atoms with Gasteiger partial charge in [0.05, 0.1) is 76.0 Å². The van der Waals surface area contributed by atoms with E-state index < -0.39 is 47.6 Å². The van der Waals surface area contributed by atoms with Gasteiger partial charge >= 0.3 is 0 Å². The molecule has 24 nitrogen and oxygen atoms in total. The van der Waals surface area contributed by atoms with Crippen LogP contribution in [0.5, 0.6) is 17.4 Å². The van der Waals surface area contributed by atoms with Crippen molar-refractivity contribution in [1.82, 2.24) is 9.38 Å². The van der Waals surface area contributed by atoms with Crippen LogP contribution in [0.2, 0.25) is 5.02 Å². The van der Waals surface area contributed by atoms with E-state index in [0.29, 0.717) is 71.0 Å². The maximum atomic E-state index is 11.6. The highest BCUT2D eigenvalue weighted by atomic mass is 35.5. The predicted molar refractivity (Wildman–Crippen MR) is 307 cm³/mol. The number of benzene rings is 5. The van der Waals surface area contributed by atoms with Gasteiger partial charge in [-0.15, -0.1) is 49.1 Å². The van der Waals surface area contributed by atoms with Crippen LogP contribution in [-0.2, 0) is 30.4 Å². The van der Waals surface area contributed by atoms with Crippen molar-refractivity contribution in [3.63, 3.8) is 0 Å². The standard InChI is InChI=1S/C51H49ClN12O12S5/c1-29-19-42(60-63-49-32(4)36(28-54)50-55-41-23-35(75-5)10-12-45(41)64(50)51(49)65)46(76-13-6-16-79(66,67)68)24-38(29)57-61-43-21-31(3)40(26-48(43)78-15-8-18-81(72,73)74)59-62-44-20-30(2)39(25-47(44)77-14-7-17-80(69,70)71)58-56-37-11-9-34(52)22-33(37)27-53/h9-12,19-26,65H,6-8,13-18H2,1-5H3,(H,66,67,68)(H,69,70,71)(H,72,73,74). The van der Waals surface area contributed by atoms with Crippen molar-refractivity contribution in [3.8, 4) is 29.5 Å². The van der Waals surface area contributed by atoms with Crippen LogP contribution in [0.4, 0.5) is 45.5 Å². The van der Waals surface area contributed by atoms with Crippen LogP contribution in [-0.4, -0.2) is 95.9 Å². The Morgan fingerprint density at radius 1 is 0.617 bits per heavy atom. The first-order valence-corrected chi connectivity index (χ1v) is 31.2. The summed E-state index contributed by atoms with van der Waals surface area (Å²) in [6.07, 6.45) is 0.0441. The molecule has 0 aliphatic rings. The van der Waals surface area contributed by atoms with E-state index in [9.17, 15) is 54.5 Å². The van der Waals surface area contributed by atoms with Crippen LogP contribution in [0, 0.1) is 50.4 Å². The van der Waals surface area contributed by atoms with Crippen LogP contribution >= 0.6 is 35.1 Å². The largest absolute Gasteiger partial charge is 0.497 e. The molecule has 0 fully saturated rings. The molecule has 81 heavy (non-hydrogen) atoms. The molecular formula is C51H49ClN12O12S5. The zero-order chi connectivity index (χ0) is 58.8. The Morgan fingerprint density at radius 3 is 1.65 bits per heavy atom. The van der Waals surface area contributed by atoms with Crippen LogP contribution in [0.25, 0.3) is 16.7 Å². The number of hydrogen-bond donors (Lipinski definition) is 4.